The number of rotatable bonds is 5. The summed E-state index contributed by atoms with van der Waals surface area (Å²) in [5, 5.41) is 6.55. The van der Waals surface area contributed by atoms with Crippen molar-refractivity contribution < 1.29 is 9.32 Å². The first kappa shape index (κ1) is 14.8. The zero-order chi connectivity index (χ0) is 15.4. The fourth-order valence-electron chi connectivity index (χ4n) is 3.02. The molecule has 1 aliphatic heterocycles. The Morgan fingerprint density at radius 2 is 2.23 bits per heavy atom. The molecule has 2 heterocycles. The molecule has 1 aromatic heterocycles. The number of carbonyl (C=O) groups is 1. The normalized spacial score (nSPS) is 18.5. The summed E-state index contributed by atoms with van der Waals surface area (Å²) in [5.41, 5.74) is 1.34. The van der Waals surface area contributed by atoms with E-state index in [2.05, 4.69) is 39.6 Å². The molecule has 0 aliphatic carbocycles. The lowest BCUT2D eigenvalue weighted by atomic mass is 10.0. The summed E-state index contributed by atoms with van der Waals surface area (Å²) in [7, 11) is 0. The van der Waals surface area contributed by atoms with Gasteiger partial charge in [0.05, 0.1) is 0 Å². The molecule has 5 heteroatoms. The first-order valence-electron chi connectivity index (χ1n) is 7.74. The largest absolute Gasteiger partial charge is 0.360 e. The molecular weight excluding hydrogens is 278 g/mol. The van der Waals surface area contributed by atoms with Crippen molar-refractivity contribution >= 4 is 11.7 Å². The van der Waals surface area contributed by atoms with Crippen LogP contribution in [-0.2, 0) is 4.79 Å². The molecule has 1 atom stereocenters. The molecule has 1 saturated heterocycles. The molecule has 1 amide bonds. The molecule has 0 unspecified atom stereocenters. The van der Waals surface area contributed by atoms with Crippen LogP contribution in [0.4, 0.5) is 5.82 Å². The van der Waals surface area contributed by atoms with Crippen LogP contribution < -0.4 is 5.32 Å². The average molecular weight is 299 g/mol. The summed E-state index contributed by atoms with van der Waals surface area (Å²) in [4.78, 5) is 14.4. The second-order valence-electron chi connectivity index (χ2n) is 5.73. The summed E-state index contributed by atoms with van der Waals surface area (Å²) in [5.74, 6) is 1.16. The first-order valence-corrected chi connectivity index (χ1v) is 7.74. The molecule has 1 fully saturated rings. The van der Waals surface area contributed by atoms with E-state index in [0.29, 0.717) is 24.0 Å². The van der Waals surface area contributed by atoms with Gasteiger partial charge in [0.2, 0.25) is 5.91 Å². The summed E-state index contributed by atoms with van der Waals surface area (Å²) >= 11 is 0. The summed E-state index contributed by atoms with van der Waals surface area (Å²) in [6, 6.07) is 12.7. The number of aryl methyl sites for hydroxylation is 1. The monoisotopic (exact) mass is 299 g/mol. The highest BCUT2D eigenvalue weighted by Gasteiger charge is 2.25. The Hall–Kier alpha value is -2.14. The van der Waals surface area contributed by atoms with Gasteiger partial charge in [0.15, 0.2) is 5.82 Å². The van der Waals surface area contributed by atoms with E-state index in [1.165, 1.54) is 12.0 Å². The average Bonchev–Trinajstić information content (AvgIpc) is 3.15. The van der Waals surface area contributed by atoms with Crippen molar-refractivity contribution in [2.24, 2.45) is 0 Å². The standard InChI is InChI=1S/C17H21N3O2/c1-13-12-16(19-22-13)18-17(21)9-11-20-10-5-8-15(20)14-6-3-2-4-7-14/h2-4,6-7,12,15H,5,8-11H2,1H3,(H,18,19,21)/t15-/m0/s1. The lowest BCUT2D eigenvalue weighted by molar-refractivity contribution is -0.116. The van der Waals surface area contributed by atoms with E-state index in [0.717, 1.165) is 19.5 Å². The zero-order valence-electron chi connectivity index (χ0n) is 12.8. The predicted octanol–water partition coefficient (Wildman–Crippen LogP) is 3.15. The summed E-state index contributed by atoms with van der Waals surface area (Å²) in [6.45, 7) is 3.62. The molecule has 0 saturated carbocycles. The third-order valence-corrected chi connectivity index (χ3v) is 4.07. The Morgan fingerprint density at radius 1 is 1.41 bits per heavy atom. The molecule has 1 N–H and O–H groups in total. The van der Waals surface area contributed by atoms with Gasteiger partial charge < -0.3 is 9.84 Å². The molecule has 5 nitrogen and oxygen atoms in total. The lowest BCUT2D eigenvalue weighted by Gasteiger charge is -2.24. The van der Waals surface area contributed by atoms with Gasteiger partial charge >= 0.3 is 0 Å². The maximum atomic E-state index is 12.0. The molecule has 3 rings (SSSR count). The van der Waals surface area contributed by atoms with Crippen molar-refractivity contribution in [3.63, 3.8) is 0 Å². The Labute approximate surface area is 130 Å². The van der Waals surface area contributed by atoms with Crippen molar-refractivity contribution in [1.29, 1.82) is 0 Å². The zero-order valence-corrected chi connectivity index (χ0v) is 12.8. The Morgan fingerprint density at radius 3 is 2.95 bits per heavy atom. The summed E-state index contributed by atoms with van der Waals surface area (Å²) < 4.78 is 4.94. The van der Waals surface area contributed by atoms with Crippen LogP contribution in [0.5, 0.6) is 0 Å². The molecule has 2 aromatic rings. The van der Waals surface area contributed by atoms with E-state index in [-0.39, 0.29) is 5.91 Å². The molecule has 1 aliphatic rings. The van der Waals surface area contributed by atoms with Gasteiger partial charge in [-0.1, -0.05) is 35.5 Å². The highest BCUT2D eigenvalue weighted by Crippen LogP contribution is 2.31. The number of hydrogen-bond donors (Lipinski definition) is 1. The van der Waals surface area contributed by atoms with Gasteiger partial charge in [-0.3, -0.25) is 9.69 Å². The van der Waals surface area contributed by atoms with E-state index in [1.54, 1.807) is 13.0 Å². The third kappa shape index (κ3) is 3.54. The minimum absolute atomic E-state index is 0.0213. The van der Waals surface area contributed by atoms with Crippen molar-refractivity contribution in [3.8, 4) is 0 Å². The number of nitrogens with zero attached hydrogens (tertiary/aromatic N) is 2. The minimum atomic E-state index is -0.0213. The van der Waals surface area contributed by atoms with Crippen LogP contribution in [0, 0.1) is 6.92 Å². The lowest BCUT2D eigenvalue weighted by Crippen LogP contribution is -2.27. The summed E-state index contributed by atoms with van der Waals surface area (Å²) in [6.07, 6.45) is 2.81. The van der Waals surface area contributed by atoms with E-state index in [4.69, 9.17) is 4.52 Å². The number of likely N-dealkylation sites (tertiary alicyclic amines) is 1. The second kappa shape index (κ2) is 6.75. The number of hydrogen-bond acceptors (Lipinski definition) is 4. The van der Waals surface area contributed by atoms with E-state index >= 15 is 0 Å². The van der Waals surface area contributed by atoms with Gasteiger partial charge in [0.25, 0.3) is 0 Å². The fraction of sp³-hybridized carbons (Fsp3) is 0.412. The number of carbonyl (C=O) groups excluding carboxylic acids is 1. The predicted molar refractivity (Wildman–Crippen MR) is 84.5 cm³/mol. The van der Waals surface area contributed by atoms with Crippen molar-refractivity contribution in [2.45, 2.75) is 32.2 Å². The number of aromatic nitrogens is 1. The van der Waals surface area contributed by atoms with Crippen LogP contribution in [0.3, 0.4) is 0 Å². The Bertz CT molecular complexity index is 624. The minimum Gasteiger partial charge on any atom is -0.360 e. The van der Waals surface area contributed by atoms with E-state index < -0.39 is 0 Å². The van der Waals surface area contributed by atoms with Crippen molar-refractivity contribution in [3.05, 3.63) is 47.7 Å². The van der Waals surface area contributed by atoms with Crippen LogP contribution >= 0.6 is 0 Å². The van der Waals surface area contributed by atoms with Gasteiger partial charge in [0.1, 0.15) is 5.76 Å². The van der Waals surface area contributed by atoms with Crippen LogP contribution in [0.25, 0.3) is 0 Å². The molecule has 0 bridgehead atoms. The van der Waals surface area contributed by atoms with Crippen LogP contribution in [0.2, 0.25) is 0 Å². The van der Waals surface area contributed by atoms with Gasteiger partial charge in [-0.25, -0.2) is 0 Å². The van der Waals surface area contributed by atoms with Crippen molar-refractivity contribution in [2.75, 3.05) is 18.4 Å². The second-order valence-corrected chi connectivity index (χ2v) is 5.73. The Balaban J connectivity index is 1.53. The number of nitrogens with one attached hydrogen (secondary N) is 1. The quantitative estimate of drug-likeness (QED) is 0.921. The fourth-order valence-corrected chi connectivity index (χ4v) is 3.02. The van der Waals surface area contributed by atoms with Gasteiger partial charge in [-0.05, 0) is 31.9 Å². The first-order chi connectivity index (χ1) is 10.7. The third-order valence-electron chi connectivity index (χ3n) is 4.07. The van der Waals surface area contributed by atoms with Crippen molar-refractivity contribution in [1.82, 2.24) is 10.1 Å². The molecule has 0 spiro atoms. The maximum absolute atomic E-state index is 12.0. The number of anilines is 1. The van der Waals surface area contributed by atoms with Gasteiger partial charge in [-0.15, -0.1) is 0 Å². The number of amides is 1. The smallest absolute Gasteiger partial charge is 0.226 e. The maximum Gasteiger partial charge on any atom is 0.226 e. The van der Waals surface area contributed by atoms with Crippen LogP contribution in [-0.4, -0.2) is 29.1 Å². The number of benzene rings is 1. The topological polar surface area (TPSA) is 58.4 Å². The van der Waals surface area contributed by atoms with Crippen LogP contribution in [0.15, 0.2) is 40.9 Å². The van der Waals surface area contributed by atoms with Crippen LogP contribution in [0.1, 0.15) is 36.6 Å². The molecule has 1 aromatic carbocycles. The molecular formula is C17H21N3O2. The molecule has 22 heavy (non-hydrogen) atoms. The highest BCUT2D eigenvalue weighted by molar-refractivity contribution is 5.89. The van der Waals surface area contributed by atoms with E-state index in [1.807, 2.05) is 6.07 Å². The molecule has 116 valence electrons. The molecule has 0 radical (unpaired) electrons. The van der Waals surface area contributed by atoms with Gasteiger partial charge in [0, 0.05) is 25.1 Å². The van der Waals surface area contributed by atoms with Gasteiger partial charge in [-0.2, -0.15) is 0 Å². The van der Waals surface area contributed by atoms with E-state index in [9.17, 15) is 4.79 Å². The SMILES string of the molecule is Cc1cc(NC(=O)CCN2CCC[C@H]2c2ccccc2)no1. The highest BCUT2D eigenvalue weighted by atomic mass is 16.5. The Kier molecular flexibility index (Phi) is 4.53.